The molecule has 5 heteroatoms. The Hall–Kier alpha value is -1.49. The lowest BCUT2D eigenvalue weighted by molar-refractivity contribution is -0.121. The topological polar surface area (TPSA) is 49.3 Å². The van der Waals surface area contributed by atoms with E-state index in [-0.39, 0.29) is 25.0 Å². The predicted molar refractivity (Wildman–Crippen MR) is 68.5 cm³/mol. The number of hydrogen-bond donors (Lipinski definition) is 2. The van der Waals surface area contributed by atoms with Crippen molar-refractivity contribution in [1.82, 2.24) is 5.32 Å². The van der Waals surface area contributed by atoms with E-state index in [0.29, 0.717) is 17.9 Å². The van der Waals surface area contributed by atoms with Gasteiger partial charge in [0.25, 0.3) is 0 Å². The maximum absolute atomic E-state index is 13.0. The molecule has 0 aromatic heterocycles. The number of aliphatic hydroxyl groups is 1. The van der Waals surface area contributed by atoms with Crippen LogP contribution in [0, 0.1) is 17.6 Å². The molecule has 0 heterocycles. The van der Waals surface area contributed by atoms with E-state index < -0.39 is 11.6 Å². The first-order chi connectivity index (χ1) is 8.92. The number of carbonyl (C=O) groups is 1. The van der Waals surface area contributed by atoms with Crippen LogP contribution in [-0.4, -0.2) is 23.7 Å². The third kappa shape index (κ3) is 5.34. The van der Waals surface area contributed by atoms with E-state index in [2.05, 4.69) is 5.32 Å². The van der Waals surface area contributed by atoms with Gasteiger partial charge in [0.2, 0.25) is 5.91 Å². The summed E-state index contributed by atoms with van der Waals surface area (Å²) in [7, 11) is 0. The van der Waals surface area contributed by atoms with Gasteiger partial charge < -0.3 is 10.4 Å². The average molecular weight is 271 g/mol. The van der Waals surface area contributed by atoms with E-state index in [1.54, 1.807) is 0 Å². The molecule has 0 aliphatic heterocycles. The van der Waals surface area contributed by atoms with Gasteiger partial charge >= 0.3 is 0 Å². The first-order valence-corrected chi connectivity index (χ1v) is 6.26. The fraction of sp³-hybridized carbons (Fsp3) is 0.500. The van der Waals surface area contributed by atoms with E-state index in [9.17, 15) is 13.6 Å². The lowest BCUT2D eigenvalue weighted by Crippen LogP contribution is -2.39. The number of nitrogens with one attached hydrogen (secondary N) is 1. The molecule has 0 saturated carbocycles. The van der Waals surface area contributed by atoms with Crippen LogP contribution in [0.3, 0.4) is 0 Å². The third-order valence-electron chi connectivity index (χ3n) is 2.69. The van der Waals surface area contributed by atoms with E-state index in [4.69, 9.17) is 5.11 Å². The molecule has 1 atom stereocenters. The molecule has 1 aromatic carbocycles. The van der Waals surface area contributed by atoms with Crippen LogP contribution in [0.1, 0.15) is 25.8 Å². The summed E-state index contributed by atoms with van der Waals surface area (Å²) in [6, 6.07) is 3.06. The Kier molecular flexibility index (Phi) is 5.89. The smallest absolute Gasteiger partial charge is 0.224 e. The number of amides is 1. The molecule has 19 heavy (non-hydrogen) atoms. The Morgan fingerprint density at radius 3 is 2.53 bits per heavy atom. The lowest BCUT2D eigenvalue weighted by atomic mass is 10.0. The highest BCUT2D eigenvalue weighted by atomic mass is 19.2. The Labute approximate surface area is 111 Å². The zero-order valence-electron chi connectivity index (χ0n) is 11.1. The Morgan fingerprint density at radius 2 is 2.00 bits per heavy atom. The summed E-state index contributed by atoms with van der Waals surface area (Å²) in [5.74, 6) is -1.87. The van der Waals surface area contributed by atoms with Crippen molar-refractivity contribution >= 4 is 5.91 Å². The Morgan fingerprint density at radius 1 is 1.32 bits per heavy atom. The van der Waals surface area contributed by atoms with Crippen molar-refractivity contribution in [3.05, 3.63) is 35.4 Å². The van der Waals surface area contributed by atoms with Crippen molar-refractivity contribution in [1.29, 1.82) is 0 Å². The van der Waals surface area contributed by atoms with Crippen LogP contribution >= 0.6 is 0 Å². The minimum Gasteiger partial charge on any atom is -0.394 e. The number of benzene rings is 1. The fourth-order valence-corrected chi connectivity index (χ4v) is 1.86. The number of rotatable bonds is 6. The molecule has 106 valence electrons. The van der Waals surface area contributed by atoms with Gasteiger partial charge in [-0.3, -0.25) is 4.79 Å². The molecule has 0 bridgehead atoms. The molecule has 1 amide bonds. The van der Waals surface area contributed by atoms with Gasteiger partial charge in [0.15, 0.2) is 11.6 Å². The number of halogens is 2. The van der Waals surface area contributed by atoms with Crippen molar-refractivity contribution < 1.29 is 18.7 Å². The summed E-state index contributed by atoms with van der Waals surface area (Å²) in [6.45, 7) is 3.84. The monoisotopic (exact) mass is 271 g/mol. The van der Waals surface area contributed by atoms with Crippen molar-refractivity contribution in [2.45, 2.75) is 32.7 Å². The van der Waals surface area contributed by atoms with Gasteiger partial charge in [-0.15, -0.1) is 0 Å². The van der Waals surface area contributed by atoms with Crippen LogP contribution in [0.25, 0.3) is 0 Å². The van der Waals surface area contributed by atoms with Crippen molar-refractivity contribution in [3.63, 3.8) is 0 Å². The summed E-state index contributed by atoms with van der Waals surface area (Å²) in [6.07, 6.45) is 0.631. The average Bonchev–Trinajstić information content (AvgIpc) is 2.32. The van der Waals surface area contributed by atoms with Crippen LogP contribution in [0.15, 0.2) is 18.2 Å². The number of carbonyl (C=O) groups excluding carboxylic acids is 1. The van der Waals surface area contributed by atoms with Gasteiger partial charge in [-0.25, -0.2) is 8.78 Å². The maximum Gasteiger partial charge on any atom is 0.224 e. The second-order valence-corrected chi connectivity index (χ2v) is 5.00. The highest BCUT2D eigenvalue weighted by molar-refractivity contribution is 5.78. The summed E-state index contributed by atoms with van der Waals surface area (Å²) < 4.78 is 25.7. The van der Waals surface area contributed by atoms with Crippen molar-refractivity contribution in [3.8, 4) is 0 Å². The van der Waals surface area contributed by atoms with Gasteiger partial charge in [0.05, 0.1) is 19.1 Å². The highest BCUT2D eigenvalue weighted by Crippen LogP contribution is 2.10. The molecule has 1 aromatic rings. The first-order valence-electron chi connectivity index (χ1n) is 6.26. The molecule has 0 spiro atoms. The van der Waals surface area contributed by atoms with Crippen LogP contribution in [0.5, 0.6) is 0 Å². The molecular formula is C14H19F2NO2. The number of aliphatic hydroxyl groups excluding tert-OH is 1. The molecule has 1 unspecified atom stereocenters. The standard InChI is InChI=1S/C14H19F2NO2/c1-9(2)5-11(8-18)17-14(19)7-10-3-4-12(15)13(16)6-10/h3-4,6,9,11,18H,5,7-8H2,1-2H3,(H,17,19). The molecule has 0 aliphatic carbocycles. The van der Waals surface area contributed by atoms with Gasteiger partial charge in [-0.2, -0.15) is 0 Å². The van der Waals surface area contributed by atoms with Crippen molar-refractivity contribution in [2.75, 3.05) is 6.61 Å². The maximum atomic E-state index is 13.0. The van der Waals surface area contributed by atoms with E-state index in [1.807, 2.05) is 13.8 Å². The summed E-state index contributed by atoms with van der Waals surface area (Å²) >= 11 is 0. The zero-order valence-corrected chi connectivity index (χ0v) is 11.1. The van der Waals surface area contributed by atoms with Gasteiger partial charge in [-0.1, -0.05) is 19.9 Å². The SMILES string of the molecule is CC(C)CC(CO)NC(=O)Cc1ccc(F)c(F)c1. The fourth-order valence-electron chi connectivity index (χ4n) is 1.86. The van der Waals surface area contributed by atoms with Crippen LogP contribution in [-0.2, 0) is 11.2 Å². The highest BCUT2D eigenvalue weighted by Gasteiger charge is 2.14. The minimum absolute atomic E-state index is 0.0359. The van der Waals surface area contributed by atoms with Crippen LogP contribution in [0.4, 0.5) is 8.78 Å². The van der Waals surface area contributed by atoms with Gasteiger partial charge in [-0.05, 0) is 30.0 Å². The quantitative estimate of drug-likeness (QED) is 0.831. The summed E-state index contributed by atoms with van der Waals surface area (Å²) in [4.78, 5) is 11.7. The molecule has 0 radical (unpaired) electrons. The van der Waals surface area contributed by atoms with E-state index in [0.717, 1.165) is 12.1 Å². The molecule has 0 saturated heterocycles. The van der Waals surface area contributed by atoms with Crippen molar-refractivity contribution in [2.24, 2.45) is 5.92 Å². The molecule has 0 fully saturated rings. The molecule has 3 nitrogen and oxygen atoms in total. The van der Waals surface area contributed by atoms with Gasteiger partial charge in [0.1, 0.15) is 0 Å². The van der Waals surface area contributed by atoms with E-state index >= 15 is 0 Å². The molecule has 1 rings (SSSR count). The minimum atomic E-state index is -0.966. The predicted octanol–water partition coefficient (Wildman–Crippen LogP) is 2.03. The van der Waals surface area contributed by atoms with E-state index in [1.165, 1.54) is 6.07 Å². The first kappa shape index (κ1) is 15.6. The second kappa shape index (κ2) is 7.19. The Bertz CT molecular complexity index is 435. The molecular weight excluding hydrogens is 252 g/mol. The van der Waals surface area contributed by atoms with Gasteiger partial charge in [0, 0.05) is 0 Å². The molecule has 0 aliphatic rings. The third-order valence-corrected chi connectivity index (χ3v) is 2.69. The largest absolute Gasteiger partial charge is 0.394 e. The zero-order chi connectivity index (χ0) is 14.4. The summed E-state index contributed by atoms with van der Waals surface area (Å²) in [5, 5.41) is 11.8. The normalized spacial score (nSPS) is 12.5. The lowest BCUT2D eigenvalue weighted by Gasteiger charge is -2.18. The Balaban J connectivity index is 2.56. The summed E-state index contributed by atoms with van der Waals surface area (Å²) in [5.41, 5.74) is 0.401. The van der Waals surface area contributed by atoms with Crippen LogP contribution < -0.4 is 5.32 Å². The molecule has 2 N–H and O–H groups in total. The van der Waals surface area contributed by atoms with Crippen LogP contribution in [0.2, 0.25) is 0 Å². The number of hydrogen-bond acceptors (Lipinski definition) is 2. The second-order valence-electron chi connectivity index (χ2n) is 5.00.